The molecule has 9 heteroatoms. The summed E-state index contributed by atoms with van der Waals surface area (Å²) in [6.07, 6.45) is 0. The fourth-order valence-electron chi connectivity index (χ4n) is 2.80. The zero-order chi connectivity index (χ0) is 22.2. The van der Waals surface area contributed by atoms with E-state index in [4.69, 9.17) is 21.1 Å². The van der Waals surface area contributed by atoms with Crippen LogP contribution in [-0.2, 0) is 11.4 Å². The van der Waals surface area contributed by atoms with E-state index in [1.165, 1.54) is 11.8 Å². The van der Waals surface area contributed by atoms with Crippen molar-refractivity contribution in [2.24, 2.45) is 0 Å². The van der Waals surface area contributed by atoms with Gasteiger partial charge < -0.3 is 14.8 Å². The van der Waals surface area contributed by atoms with E-state index in [9.17, 15) is 4.79 Å². The summed E-state index contributed by atoms with van der Waals surface area (Å²) >= 11 is 7.40. The number of amides is 1. The van der Waals surface area contributed by atoms with Crippen molar-refractivity contribution in [1.29, 1.82) is 0 Å². The predicted octanol–water partition coefficient (Wildman–Crippen LogP) is 4.52. The molecule has 0 saturated carbocycles. The van der Waals surface area contributed by atoms with Crippen LogP contribution in [0.25, 0.3) is 5.69 Å². The van der Waals surface area contributed by atoms with E-state index in [2.05, 4.69) is 15.5 Å². The molecule has 1 heterocycles. The number of ether oxygens (including phenoxy) is 2. The number of carbonyl (C=O) groups excluding carboxylic acids is 1. The summed E-state index contributed by atoms with van der Waals surface area (Å²) in [6.45, 7) is 7.07. The molecule has 1 unspecified atom stereocenters. The molecule has 3 aromatic rings. The van der Waals surface area contributed by atoms with Crippen molar-refractivity contribution in [3.05, 3.63) is 59.4 Å². The fourth-order valence-corrected chi connectivity index (χ4v) is 3.83. The van der Waals surface area contributed by atoms with Crippen LogP contribution in [0.5, 0.6) is 11.5 Å². The number of hydrogen-bond acceptors (Lipinski definition) is 6. The molecule has 1 amide bonds. The zero-order valence-corrected chi connectivity index (χ0v) is 19.2. The van der Waals surface area contributed by atoms with E-state index < -0.39 is 0 Å². The first-order valence-corrected chi connectivity index (χ1v) is 11.3. The van der Waals surface area contributed by atoms with Gasteiger partial charge in [0.2, 0.25) is 5.91 Å². The number of benzene rings is 2. The molecule has 7 nitrogen and oxygen atoms in total. The van der Waals surface area contributed by atoms with E-state index in [1.807, 2.05) is 61.7 Å². The summed E-state index contributed by atoms with van der Waals surface area (Å²) in [5.41, 5.74) is 0.838. The van der Waals surface area contributed by atoms with Crippen LogP contribution >= 0.6 is 23.4 Å². The average molecular weight is 461 g/mol. The molecule has 1 atom stereocenters. The van der Waals surface area contributed by atoms with Gasteiger partial charge in [0.25, 0.3) is 0 Å². The van der Waals surface area contributed by atoms with Crippen molar-refractivity contribution in [1.82, 2.24) is 20.1 Å². The van der Waals surface area contributed by atoms with E-state index in [1.54, 1.807) is 12.1 Å². The van der Waals surface area contributed by atoms with E-state index in [0.29, 0.717) is 34.9 Å². The first-order valence-electron chi connectivity index (χ1n) is 10.0. The van der Waals surface area contributed by atoms with Crippen molar-refractivity contribution in [2.75, 3.05) is 13.2 Å². The van der Waals surface area contributed by atoms with E-state index >= 15 is 0 Å². The van der Waals surface area contributed by atoms with Crippen molar-refractivity contribution in [3.8, 4) is 17.2 Å². The maximum Gasteiger partial charge on any atom is 0.233 e. The molecule has 0 radical (unpaired) electrons. The second-order valence-corrected chi connectivity index (χ2v) is 8.30. The molecule has 0 aliphatic rings. The van der Waals surface area contributed by atoms with Crippen LogP contribution in [0.1, 0.15) is 26.6 Å². The molecule has 3 rings (SSSR count). The minimum absolute atomic E-state index is 0.0506. The molecular weight excluding hydrogens is 436 g/mol. The van der Waals surface area contributed by atoms with Crippen molar-refractivity contribution in [3.63, 3.8) is 0 Å². The maximum atomic E-state index is 12.2. The highest BCUT2D eigenvalue weighted by atomic mass is 35.5. The lowest BCUT2D eigenvalue weighted by molar-refractivity contribution is -0.120. The monoisotopic (exact) mass is 460 g/mol. The molecule has 0 saturated heterocycles. The largest absolute Gasteiger partial charge is 0.494 e. The maximum absolute atomic E-state index is 12.2. The van der Waals surface area contributed by atoms with Gasteiger partial charge in [0.15, 0.2) is 11.0 Å². The summed E-state index contributed by atoms with van der Waals surface area (Å²) < 4.78 is 13.3. The van der Waals surface area contributed by atoms with Crippen LogP contribution < -0.4 is 14.8 Å². The van der Waals surface area contributed by atoms with Crippen LogP contribution in [0, 0.1) is 0 Å². The van der Waals surface area contributed by atoms with Crippen molar-refractivity contribution >= 4 is 29.3 Å². The third kappa shape index (κ3) is 6.15. The Bertz CT molecular complexity index is 993. The molecule has 31 heavy (non-hydrogen) atoms. The Hall–Kier alpha value is -2.71. The summed E-state index contributed by atoms with van der Waals surface area (Å²) in [6, 6.07) is 14.8. The van der Waals surface area contributed by atoms with Gasteiger partial charge in [-0.15, -0.1) is 10.2 Å². The number of halogens is 1. The van der Waals surface area contributed by atoms with Crippen LogP contribution in [0.15, 0.2) is 53.7 Å². The number of thioether (sulfide) groups is 1. The van der Waals surface area contributed by atoms with Gasteiger partial charge in [-0.2, -0.15) is 0 Å². The van der Waals surface area contributed by atoms with Crippen LogP contribution in [0.4, 0.5) is 0 Å². The third-order valence-corrected chi connectivity index (χ3v) is 5.58. The Labute approximate surface area is 191 Å². The van der Waals surface area contributed by atoms with Gasteiger partial charge in [0, 0.05) is 17.3 Å². The lowest BCUT2D eigenvalue weighted by Crippen LogP contribution is -2.30. The predicted molar refractivity (Wildman–Crippen MR) is 122 cm³/mol. The van der Waals surface area contributed by atoms with Gasteiger partial charge in [-0.05, 0) is 69.3 Å². The molecule has 0 aliphatic carbocycles. The Morgan fingerprint density at radius 3 is 2.32 bits per heavy atom. The first kappa shape index (κ1) is 23.0. The lowest BCUT2D eigenvalue weighted by atomic mass is 10.3. The van der Waals surface area contributed by atoms with Crippen LogP contribution in [0.2, 0.25) is 5.02 Å². The number of rotatable bonds is 10. The number of nitrogens with zero attached hydrogens (tertiary/aromatic N) is 3. The molecule has 164 valence electrons. The highest BCUT2D eigenvalue weighted by Crippen LogP contribution is 2.27. The van der Waals surface area contributed by atoms with Crippen LogP contribution in [0.3, 0.4) is 0 Å². The normalized spacial score (nSPS) is 11.7. The smallest absolute Gasteiger partial charge is 0.233 e. The van der Waals surface area contributed by atoms with Gasteiger partial charge >= 0.3 is 0 Å². The average Bonchev–Trinajstić information content (AvgIpc) is 3.16. The Kier molecular flexibility index (Phi) is 8.20. The number of carbonyl (C=O) groups is 1. The van der Waals surface area contributed by atoms with Gasteiger partial charge in [-0.1, -0.05) is 23.4 Å². The fraction of sp³-hybridized carbons (Fsp3) is 0.318. The van der Waals surface area contributed by atoms with Gasteiger partial charge in [0.05, 0.1) is 11.9 Å². The minimum atomic E-state index is -0.324. The van der Waals surface area contributed by atoms with Crippen molar-refractivity contribution in [2.45, 2.75) is 37.8 Å². The topological polar surface area (TPSA) is 78.3 Å². The number of nitrogens with one attached hydrogen (secondary N) is 1. The molecule has 0 bridgehead atoms. The molecule has 1 N–H and O–H groups in total. The molecule has 0 fully saturated rings. The first-order chi connectivity index (χ1) is 15.0. The minimum Gasteiger partial charge on any atom is -0.494 e. The second-order valence-electron chi connectivity index (χ2n) is 6.56. The van der Waals surface area contributed by atoms with Crippen LogP contribution in [-0.4, -0.2) is 39.1 Å². The highest BCUT2D eigenvalue weighted by Gasteiger charge is 2.21. The summed E-state index contributed by atoms with van der Waals surface area (Å²) in [5.74, 6) is 2.04. The summed E-state index contributed by atoms with van der Waals surface area (Å²) in [7, 11) is 0. The van der Waals surface area contributed by atoms with E-state index in [-0.39, 0.29) is 17.8 Å². The SMILES string of the molecule is CCNC(=O)C(C)Sc1nnc(COc2ccc(OCC)cc2)n1-c1ccc(Cl)cc1. The lowest BCUT2D eigenvalue weighted by Gasteiger charge is -2.14. The second kappa shape index (κ2) is 11.1. The zero-order valence-electron chi connectivity index (χ0n) is 17.7. The number of aromatic nitrogens is 3. The molecular formula is C22H25ClN4O3S. The third-order valence-electron chi connectivity index (χ3n) is 4.29. The highest BCUT2D eigenvalue weighted by molar-refractivity contribution is 8.00. The van der Waals surface area contributed by atoms with Gasteiger partial charge in [-0.25, -0.2) is 0 Å². The number of hydrogen-bond donors (Lipinski definition) is 1. The Balaban J connectivity index is 1.82. The summed E-state index contributed by atoms with van der Waals surface area (Å²) in [4.78, 5) is 12.2. The Morgan fingerprint density at radius 1 is 1.06 bits per heavy atom. The standard InChI is InChI=1S/C22H25ClN4O3S/c1-4-24-21(28)15(3)31-22-26-25-20(27(22)17-8-6-16(23)7-9-17)14-30-19-12-10-18(11-13-19)29-5-2/h6-13,15H,4-5,14H2,1-3H3,(H,24,28). The molecule has 0 spiro atoms. The van der Waals surface area contributed by atoms with E-state index in [0.717, 1.165) is 11.4 Å². The summed E-state index contributed by atoms with van der Waals surface area (Å²) in [5, 5.41) is 12.4. The molecule has 1 aromatic heterocycles. The molecule has 0 aliphatic heterocycles. The molecule has 2 aromatic carbocycles. The quantitative estimate of drug-likeness (QED) is 0.448. The van der Waals surface area contributed by atoms with Crippen molar-refractivity contribution < 1.29 is 14.3 Å². The van der Waals surface area contributed by atoms with Gasteiger partial charge in [0.1, 0.15) is 18.1 Å². The van der Waals surface area contributed by atoms with Gasteiger partial charge in [-0.3, -0.25) is 9.36 Å². The Morgan fingerprint density at radius 2 is 1.71 bits per heavy atom.